The first-order valence-corrected chi connectivity index (χ1v) is 4.68. The Hall–Kier alpha value is -1.58. The fourth-order valence-electron chi connectivity index (χ4n) is 1.23. The zero-order valence-corrected chi connectivity index (χ0v) is 7.77. The largest absolute Gasteiger partial charge is 0.458 e. The molecule has 0 unspecified atom stereocenters. The van der Waals surface area contributed by atoms with Crippen LogP contribution in [0.5, 0.6) is 0 Å². The standard InChI is InChI=1S/C10H12N2O2/c11-7-4-5-9(12-6-7)10(13)14-8-2-1-3-8/h4-6,8H,1-3,11H2. The number of esters is 1. The lowest BCUT2D eigenvalue weighted by atomic mass is 9.96. The molecule has 2 rings (SSSR count). The molecule has 0 amide bonds. The maximum atomic E-state index is 11.4. The Morgan fingerprint density at radius 2 is 2.29 bits per heavy atom. The lowest BCUT2D eigenvalue weighted by Crippen LogP contribution is -2.25. The van der Waals surface area contributed by atoms with E-state index in [9.17, 15) is 4.79 Å². The van der Waals surface area contributed by atoms with Gasteiger partial charge in [0.1, 0.15) is 11.8 Å². The van der Waals surface area contributed by atoms with Crippen molar-refractivity contribution in [3.8, 4) is 0 Å². The van der Waals surface area contributed by atoms with E-state index in [2.05, 4.69) is 4.98 Å². The van der Waals surface area contributed by atoms with Crippen LogP contribution < -0.4 is 5.73 Å². The first kappa shape index (κ1) is 8.99. The Bertz CT molecular complexity index is 330. The van der Waals surface area contributed by atoms with E-state index in [1.54, 1.807) is 12.1 Å². The Labute approximate surface area is 82.1 Å². The topological polar surface area (TPSA) is 65.2 Å². The van der Waals surface area contributed by atoms with Gasteiger partial charge in [0.25, 0.3) is 0 Å². The van der Waals surface area contributed by atoms with E-state index >= 15 is 0 Å². The highest BCUT2D eigenvalue weighted by Crippen LogP contribution is 2.22. The second-order valence-electron chi connectivity index (χ2n) is 3.43. The minimum absolute atomic E-state index is 0.0989. The summed E-state index contributed by atoms with van der Waals surface area (Å²) >= 11 is 0. The Balaban J connectivity index is 1.99. The summed E-state index contributed by atoms with van der Waals surface area (Å²) in [7, 11) is 0. The van der Waals surface area contributed by atoms with Gasteiger partial charge in [0.15, 0.2) is 0 Å². The van der Waals surface area contributed by atoms with Gasteiger partial charge in [-0.1, -0.05) is 0 Å². The predicted molar refractivity (Wildman–Crippen MR) is 51.7 cm³/mol. The zero-order chi connectivity index (χ0) is 9.97. The first-order chi connectivity index (χ1) is 6.75. The number of carbonyl (C=O) groups excluding carboxylic acids is 1. The number of nitrogens with zero attached hydrogens (tertiary/aromatic N) is 1. The highest BCUT2D eigenvalue weighted by atomic mass is 16.5. The molecule has 1 heterocycles. The summed E-state index contributed by atoms with van der Waals surface area (Å²) in [5.74, 6) is -0.352. The molecular weight excluding hydrogens is 180 g/mol. The molecule has 1 aliphatic rings. The molecule has 0 aliphatic heterocycles. The average Bonchev–Trinajstić information content (AvgIpc) is 2.12. The van der Waals surface area contributed by atoms with Crippen LogP contribution in [0.3, 0.4) is 0 Å². The van der Waals surface area contributed by atoms with E-state index in [4.69, 9.17) is 10.5 Å². The van der Waals surface area contributed by atoms with Crippen LogP contribution in [0.25, 0.3) is 0 Å². The van der Waals surface area contributed by atoms with Gasteiger partial charge in [0, 0.05) is 0 Å². The number of nitrogens with two attached hydrogens (primary N) is 1. The quantitative estimate of drug-likeness (QED) is 0.719. The van der Waals surface area contributed by atoms with Crippen LogP contribution >= 0.6 is 0 Å². The lowest BCUT2D eigenvalue weighted by molar-refractivity contribution is 0.00838. The van der Waals surface area contributed by atoms with E-state index in [0.29, 0.717) is 11.4 Å². The van der Waals surface area contributed by atoms with Gasteiger partial charge in [-0.25, -0.2) is 9.78 Å². The highest BCUT2D eigenvalue weighted by molar-refractivity contribution is 5.87. The van der Waals surface area contributed by atoms with Crippen LogP contribution in [0.1, 0.15) is 29.8 Å². The monoisotopic (exact) mass is 192 g/mol. The molecule has 0 spiro atoms. The normalized spacial score (nSPS) is 16.0. The van der Waals surface area contributed by atoms with Crippen LogP contribution in [-0.2, 0) is 4.74 Å². The summed E-state index contributed by atoms with van der Waals surface area (Å²) in [5.41, 5.74) is 6.32. The molecule has 4 heteroatoms. The summed E-state index contributed by atoms with van der Waals surface area (Å²) in [6.07, 6.45) is 4.65. The third-order valence-electron chi connectivity index (χ3n) is 2.32. The van der Waals surface area contributed by atoms with Crippen molar-refractivity contribution in [3.05, 3.63) is 24.0 Å². The Morgan fingerprint density at radius 1 is 1.50 bits per heavy atom. The molecule has 0 bridgehead atoms. The van der Waals surface area contributed by atoms with Crippen LogP contribution in [0.15, 0.2) is 18.3 Å². The molecule has 0 saturated heterocycles. The number of hydrogen-bond donors (Lipinski definition) is 1. The van der Waals surface area contributed by atoms with E-state index in [1.165, 1.54) is 6.20 Å². The molecule has 1 aliphatic carbocycles. The van der Waals surface area contributed by atoms with Crippen LogP contribution in [0.2, 0.25) is 0 Å². The fraction of sp³-hybridized carbons (Fsp3) is 0.400. The van der Waals surface area contributed by atoms with Crippen molar-refractivity contribution < 1.29 is 9.53 Å². The zero-order valence-electron chi connectivity index (χ0n) is 7.77. The molecule has 1 saturated carbocycles. The van der Waals surface area contributed by atoms with Crippen molar-refractivity contribution in [2.24, 2.45) is 0 Å². The van der Waals surface area contributed by atoms with E-state index in [1.807, 2.05) is 0 Å². The number of carbonyl (C=O) groups is 1. The third kappa shape index (κ3) is 1.84. The van der Waals surface area contributed by atoms with E-state index < -0.39 is 0 Å². The summed E-state index contributed by atoms with van der Waals surface area (Å²) in [6.45, 7) is 0. The molecule has 1 fully saturated rings. The molecule has 1 aromatic rings. The number of anilines is 1. The van der Waals surface area contributed by atoms with Crippen LogP contribution in [0, 0.1) is 0 Å². The summed E-state index contributed by atoms with van der Waals surface area (Å²) in [6, 6.07) is 3.22. The maximum Gasteiger partial charge on any atom is 0.357 e. The number of aromatic nitrogens is 1. The van der Waals surface area contributed by atoms with Crippen molar-refractivity contribution in [2.45, 2.75) is 25.4 Å². The van der Waals surface area contributed by atoms with Crippen molar-refractivity contribution in [1.29, 1.82) is 0 Å². The number of ether oxygens (including phenoxy) is 1. The van der Waals surface area contributed by atoms with E-state index in [-0.39, 0.29) is 12.1 Å². The maximum absolute atomic E-state index is 11.4. The third-order valence-corrected chi connectivity index (χ3v) is 2.32. The number of rotatable bonds is 2. The van der Waals surface area contributed by atoms with Gasteiger partial charge >= 0.3 is 5.97 Å². The second-order valence-corrected chi connectivity index (χ2v) is 3.43. The first-order valence-electron chi connectivity index (χ1n) is 4.68. The molecule has 74 valence electrons. The molecule has 1 aromatic heterocycles. The number of nitrogen functional groups attached to an aromatic ring is 1. The molecule has 14 heavy (non-hydrogen) atoms. The minimum atomic E-state index is -0.352. The predicted octanol–water partition coefficient (Wildman–Crippen LogP) is 1.37. The van der Waals surface area contributed by atoms with Gasteiger partial charge in [-0.05, 0) is 31.4 Å². The summed E-state index contributed by atoms with van der Waals surface area (Å²) < 4.78 is 5.17. The Kier molecular flexibility index (Phi) is 2.35. The Morgan fingerprint density at radius 3 is 2.79 bits per heavy atom. The van der Waals surface area contributed by atoms with Crippen molar-refractivity contribution in [2.75, 3.05) is 5.73 Å². The van der Waals surface area contributed by atoms with Gasteiger partial charge in [0.05, 0.1) is 11.9 Å². The smallest absolute Gasteiger partial charge is 0.357 e. The second kappa shape index (κ2) is 3.65. The fourth-order valence-corrected chi connectivity index (χ4v) is 1.23. The number of hydrogen-bond acceptors (Lipinski definition) is 4. The van der Waals surface area contributed by atoms with Crippen LogP contribution in [-0.4, -0.2) is 17.1 Å². The molecule has 0 radical (unpaired) electrons. The summed E-state index contributed by atoms with van der Waals surface area (Å²) in [5, 5.41) is 0. The van der Waals surface area contributed by atoms with Gasteiger partial charge in [-0.2, -0.15) is 0 Å². The average molecular weight is 192 g/mol. The van der Waals surface area contributed by atoms with Crippen molar-refractivity contribution in [3.63, 3.8) is 0 Å². The molecule has 4 nitrogen and oxygen atoms in total. The van der Waals surface area contributed by atoms with Crippen molar-refractivity contribution >= 4 is 11.7 Å². The van der Waals surface area contributed by atoms with E-state index in [0.717, 1.165) is 19.3 Å². The van der Waals surface area contributed by atoms with Gasteiger partial charge in [-0.15, -0.1) is 0 Å². The minimum Gasteiger partial charge on any atom is -0.458 e. The SMILES string of the molecule is Nc1ccc(C(=O)OC2CCC2)nc1. The van der Waals surface area contributed by atoms with Crippen LogP contribution in [0.4, 0.5) is 5.69 Å². The number of pyridine rings is 1. The summed E-state index contributed by atoms with van der Waals surface area (Å²) in [4.78, 5) is 15.3. The molecule has 0 aromatic carbocycles. The van der Waals surface area contributed by atoms with Gasteiger partial charge in [0.2, 0.25) is 0 Å². The van der Waals surface area contributed by atoms with Gasteiger partial charge < -0.3 is 10.5 Å². The van der Waals surface area contributed by atoms with Crippen molar-refractivity contribution in [1.82, 2.24) is 4.98 Å². The van der Waals surface area contributed by atoms with Gasteiger partial charge in [-0.3, -0.25) is 0 Å². The molecule has 2 N–H and O–H groups in total. The molecule has 0 atom stereocenters. The molecular formula is C10H12N2O2. The highest BCUT2D eigenvalue weighted by Gasteiger charge is 2.22. The lowest BCUT2D eigenvalue weighted by Gasteiger charge is -2.24.